The van der Waals surface area contributed by atoms with E-state index in [-0.39, 0.29) is 17.7 Å². The highest BCUT2D eigenvalue weighted by atomic mass is 32.1. The Morgan fingerprint density at radius 3 is 2.72 bits per heavy atom. The topological polar surface area (TPSA) is 81.5 Å². The van der Waals surface area contributed by atoms with Gasteiger partial charge in [-0.3, -0.25) is 0 Å². The van der Waals surface area contributed by atoms with Crippen molar-refractivity contribution in [2.45, 2.75) is 18.6 Å². The summed E-state index contributed by atoms with van der Waals surface area (Å²) >= 11 is 2.63. The zero-order valence-corrected chi connectivity index (χ0v) is 18.5. The molecule has 0 spiro atoms. The van der Waals surface area contributed by atoms with Gasteiger partial charge < -0.3 is 14.6 Å². The van der Waals surface area contributed by atoms with E-state index in [9.17, 15) is 14.3 Å². The van der Waals surface area contributed by atoms with Gasteiger partial charge in [-0.1, -0.05) is 12.1 Å². The Kier molecular flexibility index (Phi) is 5.24. The number of fused-ring (bicyclic) bond motifs is 1. The summed E-state index contributed by atoms with van der Waals surface area (Å²) in [7, 11) is 1.36. The highest BCUT2D eigenvalue weighted by molar-refractivity contribution is 7.09. The molecule has 32 heavy (non-hydrogen) atoms. The molecule has 0 saturated carbocycles. The largest absolute Gasteiger partial charge is 0.494 e. The molecule has 5 rings (SSSR count). The monoisotopic (exact) mass is 468 g/mol. The molecule has 1 atom stereocenters. The van der Waals surface area contributed by atoms with Crippen LogP contribution in [-0.2, 0) is 28.2 Å². The molecule has 9 heteroatoms. The quantitative estimate of drug-likeness (QED) is 0.423. The Balaban J connectivity index is 1.62. The van der Waals surface area contributed by atoms with Gasteiger partial charge in [-0.05, 0) is 47.3 Å². The molecule has 6 nitrogen and oxygen atoms in total. The van der Waals surface area contributed by atoms with Crippen molar-refractivity contribution in [3.63, 3.8) is 0 Å². The van der Waals surface area contributed by atoms with Crippen LogP contribution < -0.4 is 4.74 Å². The third-order valence-electron chi connectivity index (χ3n) is 5.43. The molecule has 1 unspecified atom stereocenters. The highest BCUT2D eigenvalue weighted by Crippen LogP contribution is 2.43. The van der Waals surface area contributed by atoms with E-state index in [1.165, 1.54) is 30.6 Å². The second-order valence-electron chi connectivity index (χ2n) is 7.36. The van der Waals surface area contributed by atoms with Crippen LogP contribution in [0.2, 0.25) is 0 Å². The molecule has 0 bridgehead atoms. The van der Waals surface area contributed by atoms with Crippen LogP contribution in [0.5, 0.6) is 5.75 Å². The van der Waals surface area contributed by atoms with Crippen LogP contribution in [0, 0.1) is 5.82 Å². The van der Waals surface area contributed by atoms with Gasteiger partial charge in [0, 0.05) is 34.4 Å². The van der Waals surface area contributed by atoms with E-state index in [0.717, 1.165) is 39.3 Å². The molecule has 162 valence electrons. The molecule has 0 fully saturated rings. The second-order valence-corrected chi connectivity index (χ2v) is 8.92. The molecule has 3 heterocycles. The summed E-state index contributed by atoms with van der Waals surface area (Å²) in [5, 5.41) is 13.5. The zero-order valence-electron chi connectivity index (χ0n) is 16.9. The summed E-state index contributed by atoms with van der Waals surface area (Å²) in [4.78, 5) is 13.9. The minimum atomic E-state index is -2.09. The van der Waals surface area contributed by atoms with Crippen LogP contribution in [0.15, 0.2) is 65.1 Å². The summed E-state index contributed by atoms with van der Waals surface area (Å²) in [6.45, 7) is 0. The smallest absolute Gasteiger partial charge is 0.337 e. The van der Waals surface area contributed by atoms with Gasteiger partial charge in [0.2, 0.25) is 0 Å². The van der Waals surface area contributed by atoms with Crippen LogP contribution in [0.3, 0.4) is 0 Å². The van der Waals surface area contributed by atoms with Crippen LogP contribution >= 0.6 is 23.1 Å². The molecule has 2 aromatic carbocycles. The number of halogens is 1. The van der Waals surface area contributed by atoms with Crippen molar-refractivity contribution in [3.8, 4) is 5.75 Å². The maximum atomic E-state index is 14.5. The molecule has 4 aromatic rings. The maximum absolute atomic E-state index is 14.5. The lowest BCUT2D eigenvalue weighted by Gasteiger charge is -2.26. The van der Waals surface area contributed by atoms with Crippen molar-refractivity contribution in [2.75, 3.05) is 7.11 Å². The first-order valence-corrected chi connectivity index (χ1v) is 11.3. The highest BCUT2D eigenvalue weighted by Gasteiger charge is 2.47. The van der Waals surface area contributed by atoms with Crippen molar-refractivity contribution in [3.05, 3.63) is 86.9 Å². The Bertz CT molecular complexity index is 1350. The number of aliphatic hydroxyl groups is 1. The molecule has 1 N–H and O–H groups in total. The predicted octanol–water partition coefficient (Wildman–Crippen LogP) is 4.38. The van der Waals surface area contributed by atoms with Crippen LogP contribution in [0.25, 0.3) is 11.0 Å². The first-order valence-electron chi connectivity index (χ1n) is 9.74. The minimum absolute atomic E-state index is 0.0347. The molecule has 0 saturated heterocycles. The van der Waals surface area contributed by atoms with Gasteiger partial charge in [-0.25, -0.2) is 9.18 Å². The fourth-order valence-electron chi connectivity index (χ4n) is 3.83. The van der Waals surface area contributed by atoms with Crippen molar-refractivity contribution < 1.29 is 23.8 Å². The standard InChI is InChI=1S/C23H17FN2O4S2/c1-29-21-7-5-14(11-18(21)24)23(28)17(9-13-4-6-19-20(10-13)26-32-25-19)16(22(27)30-23)12-15-3-2-8-31-15/h2-8,10-11,28H,9,12H2,1H3. The van der Waals surface area contributed by atoms with Gasteiger partial charge in [0.15, 0.2) is 11.6 Å². The van der Waals surface area contributed by atoms with Gasteiger partial charge in [0.25, 0.3) is 5.79 Å². The fourth-order valence-corrected chi connectivity index (χ4v) is 5.06. The maximum Gasteiger partial charge on any atom is 0.337 e. The van der Waals surface area contributed by atoms with E-state index in [1.54, 1.807) is 0 Å². The summed E-state index contributed by atoms with van der Waals surface area (Å²) in [6.07, 6.45) is 0.539. The number of thiophene rings is 1. The molecule has 1 aliphatic heterocycles. The zero-order chi connectivity index (χ0) is 22.3. The first kappa shape index (κ1) is 20.7. The lowest BCUT2D eigenvalue weighted by molar-refractivity contribution is -0.186. The van der Waals surface area contributed by atoms with Gasteiger partial charge in [0.05, 0.1) is 18.8 Å². The van der Waals surface area contributed by atoms with Crippen molar-refractivity contribution in [2.24, 2.45) is 0 Å². The number of hydrogen-bond donors (Lipinski definition) is 1. The number of nitrogens with zero attached hydrogens (tertiary/aromatic N) is 2. The van der Waals surface area contributed by atoms with E-state index in [1.807, 2.05) is 35.7 Å². The first-order chi connectivity index (χ1) is 15.5. The average molecular weight is 469 g/mol. The molecule has 1 aliphatic rings. The molecular weight excluding hydrogens is 451 g/mol. The Hall–Kier alpha value is -3.14. The van der Waals surface area contributed by atoms with E-state index in [4.69, 9.17) is 9.47 Å². The number of rotatable bonds is 6. The Labute approximate surface area is 190 Å². The van der Waals surface area contributed by atoms with Crippen molar-refractivity contribution >= 4 is 40.1 Å². The third-order valence-corrected chi connectivity index (χ3v) is 6.87. The van der Waals surface area contributed by atoms with E-state index < -0.39 is 17.6 Å². The SMILES string of the molecule is COc1ccc(C2(O)OC(=O)C(Cc3cccs3)=C2Cc2ccc3nsnc3c2)cc1F. The lowest BCUT2D eigenvalue weighted by Crippen LogP contribution is -2.30. The van der Waals surface area contributed by atoms with Crippen LogP contribution in [-0.4, -0.2) is 26.9 Å². The summed E-state index contributed by atoms with van der Waals surface area (Å²) < 4.78 is 33.4. The Morgan fingerprint density at radius 1 is 1.12 bits per heavy atom. The van der Waals surface area contributed by atoms with Gasteiger partial charge in [-0.15, -0.1) is 11.3 Å². The molecule has 2 aromatic heterocycles. The normalized spacial score (nSPS) is 18.4. The van der Waals surface area contributed by atoms with Crippen molar-refractivity contribution in [1.82, 2.24) is 8.75 Å². The number of hydrogen-bond acceptors (Lipinski definition) is 8. The third kappa shape index (κ3) is 3.58. The van der Waals surface area contributed by atoms with E-state index in [0.29, 0.717) is 17.6 Å². The second kappa shape index (κ2) is 8.09. The molecule has 0 aliphatic carbocycles. The molecule has 0 radical (unpaired) electrons. The number of esters is 1. The number of carbonyl (C=O) groups is 1. The van der Waals surface area contributed by atoms with Gasteiger partial charge >= 0.3 is 5.97 Å². The number of cyclic esters (lactones) is 1. The summed E-state index contributed by atoms with van der Waals surface area (Å²) in [5.74, 6) is -3.34. The van der Waals surface area contributed by atoms with Gasteiger partial charge in [0.1, 0.15) is 11.0 Å². The number of methoxy groups -OCH3 is 1. The summed E-state index contributed by atoms with van der Waals surface area (Å²) in [5.41, 5.74) is 3.20. The average Bonchev–Trinajstić information content (AvgIpc) is 3.51. The van der Waals surface area contributed by atoms with Gasteiger partial charge in [-0.2, -0.15) is 8.75 Å². The number of ether oxygens (including phenoxy) is 2. The Morgan fingerprint density at radius 2 is 1.97 bits per heavy atom. The van der Waals surface area contributed by atoms with Crippen LogP contribution in [0.4, 0.5) is 4.39 Å². The number of aromatic nitrogens is 2. The minimum Gasteiger partial charge on any atom is -0.494 e. The summed E-state index contributed by atoms with van der Waals surface area (Å²) in [6, 6.07) is 13.4. The van der Waals surface area contributed by atoms with E-state index >= 15 is 0 Å². The molecular formula is C23H17FN2O4S2. The lowest BCUT2D eigenvalue weighted by atomic mass is 9.89. The molecule has 0 amide bonds. The number of carbonyl (C=O) groups excluding carboxylic acids is 1. The predicted molar refractivity (Wildman–Crippen MR) is 119 cm³/mol. The number of benzene rings is 2. The van der Waals surface area contributed by atoms with Crippen molar-refractivity contribution in [1.29, 1.82) is 0 Å². The van der Waals surface area contributed by atoms with Crippen LogP contribution in [0.1, 0.15) is 16.0 Å². The fraction of sp³-hybridized carbons (Fsp3) is 0.174. The van der Waals surface area contributed by atoms with E-state index in [2.05, 4.69) is 8.75 Å².